The molecule has 0 bridgehead atoms. The first-order valence-corrected chi connectivity index (χ1v) is 9.49. The molecule has 1 fully saturated rings. The van der Waals surface area contributed by atoms with E-state index >= 15 is 0 Å². The minimum absolute atomic E-state index is 0.387. The molecule has 142 valence electrons. The average Bonchev–Trinajstić information content (AvgIpc) is 2.73. The summed E-state index contributed by atoms with van der Waals surface area (Å²) < 4.78 is 0. The Morgan fingerprint density at radius 1 is 1.11 bits per heavy atom. The fraction of sp³-hybridized carbons (Fsp3) is 0.381. The third-order valence-electron chi connectivity index (χ3n) is 5.03. The summed E-state index contributed by atoms with van der Waals surface area (Å²) in [5.41, 5.74) is 2.85. The van der Waals surface area contributed by atoms with Crippen molar-refractivity contribution in [3.05, 3.63) is 54.4 Å². The normalized spacial score (nSPS) is 14.6. The zero-order valence-corrected chi connectivity index (χ0v) is 15.6. The van der Waals surface area contributed by atoms with Crippen LogP contribution in [-0.4, -0.2) is 36.4 Å². The number of para-hydroxylation sites is 1. The maximum absolute atomic E-state index is 12.2. The Labute approximate surface area is 160 Å². The number of hydrogen-bond donors (Lipinski definition) is 2. The van der Waals surface area contributed by atoms with Gasteiger partial charge in [0.15, 0.2) is 0 Å². The van der Waals surface area contributed by atoms with Crippen molar-refractivity contribution in [1.29, 1.82) is 0 Å². The van der Waals surface area contributed by atoms with Crippen LogP contribution in [0.3, 0.4) is 0 Å². The van der Waals surface area contributed by atoms with Gasteiger partial charge in [-0.3, -0.25) is 14.6 Å². The molecule has 2 amide bonds. The minimum Gasteiger partial charge on any atom is -0.370 e. The van der Waals surface area contributed by atoms with Gasteiger partial charge in [0, 0.05) is 31.5 Å². The van der Waals surface area contributed by atoms with Gasteiger partial charge in [-0.05, 0) is 48.9 Å². The predicted octanol–water partition coefficient (Wildman–Crippen LogP) is 2.62. The molecule has 1 aromatic heterocycles. The lowest BCUT2D eigenvalue weighted by Crippen LogP contribution is -2.42. The highest BCUT2D eigenvalue weighted by molar-refractivity contribution is 6.39. The van der Waals surface area contributed by atoms with E-state index < -0.39 is 11.8 Å². The second-order valence-electron chi connectivity index (χ2n) is 6.82. The van der Waals surface area contributed by atoms with Gasteiger partial charge in [-0.2, -0.15) is 0 Å². The number of carbonyl (C=O) groups is 2. The SMILES string of the molecule is CCc1ccccc1NC(=O)C(=O)NCC1CCN(c2cccnc2)CC1. The largest absolute Gasteiger partial charge is 0.370 e. The summed E-state index contributed by atoms with van der Waals surface area (Å²) in [6.45, 7) is 4.41. The van der Waals surface area contributed by atoms with E-state index in [1.807, 2.05) is 43.5 Å². The maximum atomic E-state index is 12.2. The molecule has 3 rings (SSSR count). The first-order valence-electron chi connectivity index (χ1n) is 9.49. The van der Waals surface area contributed by atoms with Crippen molar-refractivity contribution in [2.24, 2.45) is 5.92 Å². The second-order valence-corrected chi connectivity index (χ2v) is 6.82. The van der Waals surface area contributed by atoms with Crippen LogP contribution in [0.5, 0.6) is 0 Å². The number of nitrogens with zero attached hydrogens (tertiary/aromatic N) is 2. The van der Waals surface area contributed by atoms with Crippen LogP contribution in [-0.2, 0) is 16.0 Å². The van der Waals surface area contributed by atoms with Gasteiger partial charge in [-0.15, -0.1) is 0 Å². The average molecular weight is 366 g/mol. The molecule has 6 nitrogen and oxygen atoms in total. The van der Waals surface area contributed by atoms with Gasteiger partial charge in [0.25, 0.3) is 0 Å². The smallest absolute Gasteiger partial charge is 0.313 e. The minimum atomic E-state index is -0.608. The fourth-order valence-electron chi connectivity index (χ4n) is 3.38. The molecule has 0 radical (unpaired) electrons. The zero-order valence-electron chi connectivity index (χ0n) is 15.6. The summed E-state index contributed by atoms with van der Waals surface area (Å²) in [5, 5.41) is 5.49. The maximum Gasteiger partial charge on any atom is 0.313 e. The van der Waals surface area contributed by atoms with Gasteiger partial charge < -0.3 is 15.5 Å². The van der Waals surface area contributed by atoms with Crippen LogP contribution in [0.4, 0.5) is 11.4 Å². The Kier molecular flexibility index (Phi) is 6.41. The molecule has 1 aliphatic rings. The van der Waals surface area contributed by atoms with Crippen LogP contribution >= 0.6 is 0 Å². The standard InChI is InChI=1S/C21H26N4O2/c1-2-17-6-3-4-8-19(17)24-21(27)20(26)23-14-16-9-12-25(13-10-16)18-7-5-11-22-15-18/h3-8,11,15-16H,2,9-10,12-14H2,1H3,(H,23,26)(H,24,27). The highest BCUT2D eigenvalue weighted by Crippen LogP contribution is 2.22. The van der Waals surface area contributed by atoms with Crippen molar-refractivity contribution in [3.63, 3.8) is 0 Å². The number of anilines is 2. The number of nitrogens with one attached hydrogen (secondary N) is 2. The number of rotatable bonds is 5. The quantitative estimate of drug-likeness (QED) is 0.798. The molecule has 1 aliphatic heterocycles. The van der Waals surface area contributed by atoms with Crippen LogP contribution in [0.15, 0.2) is 48.8 Å². The van der Waals surface area contributed by atoms with Crippen LogP contribution in [0.1, 0.15) is 25.3 Å². The number of amides is 2. The lowest BCUT2D eigenvalue weighted by atomic mass is 9.96. The van der Waals surface area contributed by atoms with Crippen molar-refractivity contribution >= 4 is 23.2 Å². The summed E-state index contributed by atoms with van der Waals surface area (Å²) in [4.78, 5) is 30.8. The lowest BCUT2D eigenvalue weighted by molar-refractivity contribution is -0.136. The first kappa shape index (κ1) is 18.9. The second kappa shape index (κ2) is 9.16. The molecule has 2 aromatic rings. The van der Waals surface area contributed by atoms with E-state index in [1.165, 1.54) is 0 Å². The molecule has 0 aliphatic carbocycles. The number of hydrogen-bond acceptors (Lipinski definition) is 4. The Morgan fingerprint density at radius 3 is 2.59 bits per heavy atom. The first-order chi connectivity index (χ1) is 13.2. The predicted molar refractivity (Wildman–Crippen MR) is 107 cm³/mol. The van der Waals surface area contributed by atoms with Gasteiger partial charge >= 0.3 is 11.8 Å². The van der Waals surface area contributed by atoms with E-state index in [0.717, 1.165) is 43.6 Å². The topological polar surface area (TPSA) is 74.3 Å². The Morgan fingerprint density at radius 2 is 1.89 bits per heavy atom. The van der Waals surface area contributed by atoms with Crippen LogP contribution in [0, 0.1) is 5.92 Å². The number of aryl methyl sites for hydroxylation is 1. The number of pyridine rings is 1. The molecule has 0 atom stereocenters. The number of benzene rings is 1. The molecule has 1 aromatic carbocycles. The summed E-state index contributed by atoms with van der Waals surface area (Å²) in [6, 6.07) is 11.5. The molecule has 2 heterocycles. The highest BCUT2D eigenvalue weighted by atomic mass is 16.2. The van der Waals surface area contributed by atoms with Gasteiger partial charge in [0.2, 0.25) is 0 Å². The fourth-order valence-corrected chi connectivity index (χ4v) is 3.38. The van der Waals surface area contributed by atoms with Gasteiger partial charge in [-0.1, -0.05) is 25.1 Å². The summed E-state index contributed by atoms with van der Waals surface area (Å²) >= 11 is 0. The van der Waals surface area contributed by atoms with Gasteiger partial charge in [0.05, 0.1) is 11.9 Å². The van der Waals surface area contributed by atoms with Crippen molar-refractivity contribution in [1.82, 2.24) is 10.3 Å². The molecule has 27 heavy (non-hydrogen) atoms. The van der Waals surface area contributed by atoms with Crippen LogP contribution in [0.25, 0.3) is 0 Å². The van der Waals surface area contributed by atoms with E-state index in [0.29, 0.717) is 18.2 Å². The molecule has 2 N–H and O–H groups in total. The van der Waals surface area contributed by atoms with E-state index in [1.54, 1.807) is 6.20 Å². The van der Waals surface area contributed by atoms with Crippen LogP contribution in [0.2, 0.25) is 0 Å². The summed E-state index contributed by atoms with van der Waals surface area (Å²) in [5.74, 6) is -0.795. The van der Waals surface area contributed by atoms with Crippen molar-refractivity contribution in [2.45, 2.75) is 26.2 Å². The monoisotopic (exact) mass is 366 g/mol. The van der Waals surface area contributed by atoms with E-state index in [4.69, 9.17) is 0 Å². The summed E-state index contributed by atoms with van der Waals surface area (Å²) in [6.07, 6.45) is 6.41. The molecule has 0 spiro atoms. The van der Waals surface area contributed by atoms with E-state index in [9.17, 15) is 9.59 Å². The summed E-state index contributed by atoms with van der Waals surface area (Å²) in [7, 11) is 0. The third kappa shape index (κ3) is 5.06. The number of aromatic nitrogens is 1. The molecular formula is C21H26N4O2. The molecule has 6 heteroatoms. The van der Waals surface area contributed by atoms with Crippen molar-refractivity contribution in [2.75, 3.05) is 29.9 Å². The Hall–Kier alpha value is -2.89. The molecule has 0 unspecified atom stereocenters. The number of carbonyl (C=O) groups excluding carboxylic acids is 2. The van der Waals surface area contributed by atoms with Crippen molar-refractivity contribution < 1.29 is 9.59 Å². The molecular weight excluding hydrogens is 340 g/mol. The number of piperidine rings is 1. The third-order valence-corrected chi connectivity index (χ3v) is 5.03. The van der Waals surface area contributed by atoms with E-state index in [2.05, 4.69) is 26.6 Å². The van der Waals surface area contributed by atoms with Gasteiger partial charge in [-0.25, -0.2) is 0 Å². The zero-order chi connectivity index (χ0) is 19.1. The van der Waals surface area contributed by atoms with E-state index in [-0.39, 0.29) is 0 Å². The Balaban J connectivity index is 1.43. The lowest BCUT2D eigenvalue weighted by Gasteiger charge is -2.33. The molecule has 0 saturated carbocycles. The molecule has 1 saturated heterocycles. The highest BCUT2D eigenvalue weighted by Gasteiger charge is 2.22. The van der Waals surface area contributed by atoms with Crippen molar-refractivity contribution in [3.8, 4) is 0 Å². The Bertz CT molecular complexity index is 771. The van der Waals surface area contributed by atoms with Crippen LogP contribution < -0.4 is 15.5 Å². The van der Waals surface area contributed by atoms with Gasteiger partial charge in [0.1, 0.15) is 0 Å².